The van der Waals surface area contributed by atoms with Gasteiger partial charge < -0.3 is 19.7 Å². The summed E-state index contributed by atoms with van der Waals surface area (Å²) in [5.74, 6) is 1.44. The van der Waals surface area contributed by atoms with E-state index in [9.17, 15) is 4.79 Å². The van der Waals surface area contributed by atoms with Crippen LogP contribution in [0.1, 0.15) is 35.2 Å². The lowest BCUT2D eigenvalue weighted by molar-refractivity contribution is -0.123. The third kappa shape index (κ3) is 4.67. The van der Waals surface area contributed by atoms with E-state index in [4.69, 9.17) is 14.5 Å². The number of para-hydroxylation sites is 1. The van der Waals surface area contributed by atoms with Crippen molar-refractivity contribution in [2.75, 3.05) is 31.2 Å². The maximum absolute atomic E-state index is 12.4. The Labute approximate surface area is 171 Å². The van der Waals surface area contributed by atoms with Gasteiger partial charge >= 0.3 is 0 Å². The molecule has 1 aromatic carbocycles. The molecule has 0 radical (unpaired) electrons. The van der Waals surface area contributed by atoms with Crippen LogP contribution >= 0.6 is 0 Å². The van der Waals surface area contributed by atoms with Crippen molar-refractivity contribution in [2.24, 2.45) is 0 Å². The molecule has 4 rings (SSSR count). The molecule has 2 aliphatic heterocycles. The van der Waals surface area contributed by atoms with Gasteiger partial charge in [-0.05, 0) is 37.8 Å². The molecule has 1 fully saturated rings. The fourth-order valence-electron chi connectivity index (χ4n) is 3.98. The molecule has 0 saturated carbocycles. The molecule has 1 atom stereocenters. The number of ether oxygens (including phenoxy) is 2. The molecule has 1 amide bonds. The second-order valence-corrected chi connectivity index (χ2v) is 7.81. The third-order valence-electron chi connectivity index (χ3n) is 5.51. The molecule has 1 aromatic heterocycles. The second-order valence-electron chi connectivity index (χ2n) is 7.81. The van der Waals surface area contributed by atoms with Crippen molar-refractivity contribution in [3.8, 4) is 5.75 Å². The molecule has 7 heteroatoms. The predicted octanol–water partition coefficient (Wildman–Crippen LogP) is 2.33. The Balaban J connectivity index is 1.33. The number of anilines is 1. The molecule has 7 nitrogen and oxygen atoms in total. The SMILES string of the molecule is Cc1cccc(C)c1OCC(=O)N[C@H]1CCCN(c2ncc3c(n2)CCOC3)C1. The van der Waals surface area contributed by atoms with Crippen molar-refractivity contribution in [3.05, 3.63) is 46.8 Å². The van der Waals surface area contributed by atoms with E-state index < -0.39 is 0 Å². The van der Waals surface area contributed by atoms with Gasteiger partial charge in [-0.3, -0.25) is 4.79 Å². The maximum atomic E-state index is 12.4. The summed E-state index contributed by atoms with van der Waals surface area (Å²) < 4.78 is 11.2. The number of fused-ring (bicyclic) bond motifs is 1. The van der Waals surface area contributed by atoms with Crippen molar-refractivity contribution in [1.82, 2.24) is 15.3 Å². The largest absolute Gasteiger partial charge is 0.483 e. The number of nitrogens with one attached hydrogen (secondary N) is 1. The summed E-state index contributed by atoms with van der Waals surface area (Å²) in [6.07, 6.45) is 4.64. The first-order chi connectivity index (χ1) is 14.1. The van der Waals surface area contributed by atoms with Crippen LogP contribution in [0, 0.1) is 13.8 Å². The normalized spacial score (nSPS) is 18.8. The number of aromatic nitrogens is 2. The van der Waals surface area contributed by atoms with Crippen LogP contribution in [0.25, 0.3) is 0 Å². The Hall–Kier alpha value is -2.67. The number of hydrogen-bond donors (Lipinski definition) is 1. The van der Waals surface area contributed by atoms with Gasteiger partial charge in [0.05, 0.1) is 18.9 Å². The fraction of sp³-hybridized carbons (Fsp3) is 0.500. The molecule has 2 aliphatic rings. The smallest absolute Gasteiger partial charge is 0.258 e. The van der Waals surface area contributed by atoms with E-state index in [0.29, 0.717) is 19.8 Å². The van der Waals surface area contributed by atoms with Gasteiger partial charge in [0.25, 0.3) is 5.91 Å². The number of benzene rings is 1. The van der Waals surface area contributed by atoms with Crippen LogP contribution in [0.3, 0.4) is 0 Å². The molecule has 1 N–H and O–H groups in total. The molecule has 3 heterocycles. The van der Waals surface area contributed by atoms with Gasteiger partial charge in [-0.25, -0.2) is 9.97 Å². The topological polar surface area (TPSA) is 76.6 Å². The molecule has 0 unspecified atom stereocenters. The zero-order valence-corrected chi connectivity index (χ0v) is 17.1. The Morgan fingerprint density at radius 2 is 2.17 bits per heavy atom. The highest BCUT2D eigenvalue weighted by atomic mass is 16.5. The van der Waals surface area contributed by atoms with E-state index in [1.807, 2.05) is 38.2 Å². The Bertz CT molecular complexity index is 866. The molecule has 0 bridgehead atoms. The van der Waals surface area contributed by atoms with Gasteiger partial charge in [0.15, 0.2) is 6.61 Å². The van der Waals surface area contributed by atoms with Crippen molar-refractivity contribution in [1.29, 1.82) is 0 Å². The van der Waals surface area contributed by atoms with Gasteiger partial charge in [-0.15, -0.1) is 0 Å². The molecule has 2 aromatic rings. The van der Waals surface area contributed by atoms with E-state index in [1.165, 1.54) is 0 Å². The highest BCUT2D eigenvalue weighted by Crippen LogP contribution is 2.23. The highest BCUT2D eigenvalue weighted by molar-refractivity contribution is 5.78. The predicted molar refractivity (Wildman–Crippen MR) is 110 cm³/mol. The van der Waals surface area contributed by atoms with Crippen LogP contribution in [0.5, 0.6) is 5.75 Å². The van der Waals surface area contributed by atoms with Crippen LogP contribution < -0.4 is 15.0 Å². The number of amides is 1. The van der Waals surface area contributed by atoms with E-state index in [0.717, 1.165) is 59.9 Å². The first-order valence-electron chi connectivity index (χ1n) is 10.3. The second kappa shape index (κ2) is 8.78. The van der Waals surface area contributed by atoms with Crippen molar-refractivity contribution in [2.45, 2.75) is 45.8 Å². The minimum absolute atomic E-state index is 0.0253. The van der Waals surface area contributed by atoms with Crippen LogP contribution in [0.4, 0.5) is 5.95 Å². The number of nitrogens with zero attached hydrogens (tertiary/aromatic N) is 3. The summed E-state index contributed by atoms with van der Waals surface area (Å²) in [4.78, 5) is 23.9. The number of hydrogen-bond acceptors (Lipinski definition) is 6. The Kier molecular flexibility index (Phi) is 5.94. The minimum atomic E-state index is -0.0944. The van der Waals surface area contributed by atoms with Gasteiger partial charge in [0.2, 0.25) is 5.95 Å². The third-order valence-corrected chi connectivity index (χ3v) is 5.51. The van der Waals surface area contributed by atoms with Gasteiger partial charge in [-0.1, -0.05) is 18.2 Å². The zero-order chi connectivity index (χ0) is 20.2. The first-order valence-corrected chi connectivity index (χ1v) is 10.3. The van der Waals surface area contributed by atoms with Crippen LogP contribution in [0.15, 0.2) is 24.4 Å². The van der Waals surface area contributed by atoms with Gasteiger partial charge in [0.1, 0.15) is 5.75 Å². The standard InChI is InChI=1S/C22H28N4O3/c1-15-5-3-6-16(2)21(15)29-14-20(27)24-18-7-4-9-26(12-18)22-23-11-17-13-28-10-8-19(17)25-22/h3,5-6,11,18H,4,7-10,12-14H2,1-2H3,(H,24,27)/t18-/m0/s1. The lowest BCUT2D eigenvalue weighted by Gasteiger charge is -2.33. The molecule has 0 aliphatic carbocycles. The minimum Gasteiger partial charge on any atom is -0.483 e. The monoisotopic (exact) mass is 396 g/mol. The van der Waals surface area contributed by atoms with Crippen molar-refractivity contribution in [3.63, 3.8) is 0 Å². The summed E-state index contributed by atoms with van der Waals surface area (Å²) in [6.45, 7) is 6.92. The lowest BCUT2D eigenvalue weighted by Crippen LogP contribution is -2.49. The molecular weight excluding hydrogens is 368 g/mol. The van der Waals surface area contributed by atoms with Crippen molar-refractivity contribution >= 4 is 11.9 Å². The average Bonchev–Trinajstić information content (AvgIpc) is 2.73. The van der Waals surface area contributed by atoms with Gasteiger partial charge in [-0.2, -0.15) is 0 Å². The number of carbonyl (C=O) groups is 1. The molecular formula is C22H28N4O3. The van der Waals surface area contributed by atoms with Crippen LogP contribution in [-0.4, -0.2) is 48.2 Å². The van der Waals surface area contributed by atoms with E-state index in [1.54, 1.807) is 0 Å². The molecule has 0 spiro atoms. The van der Waals surface area contributed by atoms with E-state index >= 15 is 0 Å². The Morgan fingerprint density at radius 1 is 1.34 bits per heavy atom. The number of aryl methyl sites for hydroxylation is 2. The summed E-state index contributed by atoms with van der Waals surface area (Å²) in [5, 5.41) is 3.11. The van der Waals surface area contributed by atoms with E-state index in [-0.39, 0.29) is 18.6 Å². The quantitative estimate of drug-likeness (QED) is 0.836. The summed E-state index contributed by atoms with van der Waals surface area (Å²) in [6, 6.07) is 6.04. The lowest BCUT2D eigenvalue weighted by atomic mass is 10.1. The van der Waals surface area contributed by atoms with Crippen molar-refractivity contribution < 1.29 is 14.3 Å². The zero-order valence-electron chi connectivity index (χ0n) is 17.1. The first kappa shape index (κ1) is 19.6. The summed E-state index contributed by atoms with van der Waals surface area (Å²) in [5.41, 5.74) is 4.23. The average molecular weight is 396 g/mol. The summed E-state index contributed by atoms with van der Waals surface area (Å²) >= 11 is 0. The number of rotatable bonds is 5. The Morgan fingerprint density at radius 3 is 3.00 bits per heavy atom. The highest BCUT2D eigenvalue weighted by Gasteiger charge is 2.24. The molecule has 1 saturated heterocycles. The number of carbonyl (C=O) groups excluding carboxylic acids is 1. The van der Waals surface area contributed by atoms with E-state index in [2.05, 4.69) is 15.2 Å². The molecule has 154 valence electrons. The van der Waals surface area contributed by atoms with Gasteiger partial charge in [0, 0.05) is 37.3 Å². The number of piperidine rings is 1. The summed E-state index contributed by atoms with van der Waals surface area (Å²) in [7, 11) is 0. The van der Waals surface area contributed by atoms with Crippen LogP contribution in [0.2, 0.25) is 0 Å². The molecule has 29 heavy (non-hydrogen) atoms. The fourth-order valence-corrected chi connectivity index (χ4v) is 3.98. The maximum Gasteiger partial charge on any atom is 0.258 e. The van der Waals surface area contributed by atoms with Crippen LogP contribution in [-0.2, 0) is 22.6 Å².